The number of nitrogens with zero attached hydrogens (tertiary/aromatic N) is 2. The zero-order chi connectivity index (χ0) is 27.1. The largest absolute Gasteiger partial charge is 0.418 e. The highest BCUT2D eigenvalue weighted by Gasteiger charge is 2.35. The maximum Gasteiger partial charge on any atom is 0.418 e. The highest BCUT2D eigenvalue weighted by Crippen LogP contribution is 2.35. The third-order valence-electron chi connectivity index (χ3n) is 6.62. The number of hydrogen-bond donors (Lipinski definition) is 1. The monoisotopic (exact) mass is 547 g/mol. The highest BCUT2D eigenvalue weighted by molar-refractivity contribution is 7.09. The predicted molar refractivity (Wildman–Crippen MR) is 139 cm³/mol. The molecule has 0 atom stereocenters. The van der Waals surface area contributed by atoms with Crippen molar-refractivity contribution in [2.24, 2.45) is 0 Å². The van der Waals surface area contributed by atoms with Crippen LogP contribution in [0.2, 0.25) is 0 Å². The number of nitrogens with one attached hydrogen (secondary N) is 1. The van der Waals surface area contributed by atoms with Crippen molar-refractivity contribution in [3.05, 3.63) is 87.9 Å². The number of halogens is 4. The number of benzene rings is 2. The van der Waals surface area contributed by atoms with Crippen LogP contribution in [0.5, 0.6) is 0 Å². The lowest BCUT2D eigenvalue weighted by atomic mass is 9.94. The fraction of sp³-hybridized carbons (Fsp3) is 0.357. The third kappa shape index (κ3) is 7.34. The molecule has 1 aliphatic carbocycles. The van der Waals surface area contributed by atoms with Crippen LogP contribution in [0.3, 0.4) is 0 Å². The molecular weight excluding hydrogens is 518 g/mol. The Morgan fingerprint density at radius 3 is 2.29 bits per heavy atom. The molecule has 1 fully saturated rings. The van der Waals surface area contributed by atoms with Crippen LogP contribution in [0.15, 0.2) is 66.0 Å². The molecular formula is C28H29F4N3O2S. The van der Waals surface area contributed by atoms with Crippen LogP contribution in [0.4, 0.5) is 28.0 Å². The molecule has 0 aliphatic heterocycles. The maximum absolute atomic E-state index is 13.6. The Hall–Kier alpha value is -3.40. The predicted octanol–water partition coefficient (Wildman–Crippen LogP) is 7.30. The number of thiophene rings is 1. The lowest BCUT2D eigenvalue weighted by Crippen LogP contribution is -2.49. The smallest absolute Gasteiger partial charge is 0.332 e. The molecule has 1 aromatic heterocycles. The van der Waals surface area contributed by atoms with Crippen LogP contribution in [0.1, 0.15) is 48.1 Å². The van der Waals surface area contributed by atoms with Gasteiger partial charge in [-0.2, -0.15) is 13.2 Å². The highest BCUT2D eigenvalue weighted by atomic mass is 32.1. The number of alkyl halides is 3. The molecule has 1 aliphatic rings. The molecule has 3 aromatic rings. The number of amides is 3. The van der Waals surface area contributed by atoms with Gasteiger partial charge in [-0.3, -0.25) is 4.79 Å². The first-order chi connectivity index (χ1) is 18.2. The summed E-state index contributed by atoms with van der Waals surface area (Å²) >= 11 is 1.49. The Kier molecular flexibility index (Phi) is 9.04. The van der Waals surface area contributed by atoms with Gasteiger partial charge in [0.15, 0.2) is 0 Å². The lowest BCUT2D eigenvalue weighted by Gasteiger charge is -2.35. The molecule has 4 rings (SSSR count). The molecule has 2 aromatic carbocycles. The Labute approximate surface area is 223 Å². The minimum atomic E-state index is -4.64. The summed E-state index contributed by atoms with van der Waals surface area (Å²) < 4.78 is 54.0. The molecule has 202 valence electrons. The Morgan fingerprint density at radius 1 is 0.921 bits per heavy atom. The van der Waals surface area contributed by atoms with Gasteiger partial charge < -0.3 is 15.1 Å². The number of carbonyl (C=O) groups excluding carboxylic acids is 2. The van der Waals surface area contributed by atoms with Gasteiger partial charge in [0.1, 0.15) is 12.4 Å². The Morgan fingerprint density at radius 2 is 1.63 bits per heavy atom. The molecule has 1 N–H and O–H groups in total. The molecule has 0 saturated heterocycles. The van der Waals surface area contributed by atoms with Crippen LogP contribution in [-0.2, 0) is 24.1 Å². The molecule has 3 amide bonds. The summed E-state index contributed by atoms with van der Waals surface area (Å²) in [4.78, 5) is 30.9. The van der Waals surface area contributed by atoms with Crippen LogP contribution < -0.4 is 5.32 Å². The molecule has 1 saturated carbocycles. The molecule has 0 spiro atoms. The number of carbonyl (C=O) groups is 2. The summed E-state index contributed by atoms with van der Waals surface area (Å²) in [6, 6.07) is 13.4. The van der Waals surface area contributed by atoms with Gasteiger partial charge in [-0.05, 0) is 54.1 Å². The average Bonchev–Trinajstić information content (AvgIpc) is 3.41. The molecule has 38 heavy (non-hydrogen) atoms. The number of hydrogen-bond acceptors (Lipinski definition) is 3. The zero-order valence-electron chi connectivity index (χ0n) is 20.7. The summed E-state index contributed by atoms with van der Waals surface area (Å²) in [6.07, 6.45) is -0.546. The first kappa shape index (κ1) is 27.6. The lowest BCUT2D eigenvalue weighted by molar-refractivity contribution is -0.137. The quantitative estimate of drug-likeness (QED) is 0.301. The first-order valence-electron chi connectivity index (χ1n) is 12.5. The molecule has 0 radical (unpaired) electrons. The van der Waals surface area contributed by atoms with Gasteiger partial charge in [-0.1, -0.05) is 49.6 Å². The first-order valence-corrected chi connectivity index (χ1v) is 13.4. The number of anilines is 1. The number of rotatable bonds is 8. The molecule has 0 unspecified atom stereocenters. The van der Waals surface area contributed by atoms with E-state index in [0.29, 0.717) is 19.4 Å². The number of urea groups is 1. The SMILES string of the molecule is O=C(CN(C(=O)Nc1ccccc1C(F)(F)F)C1CCCCC1)N(Cc1ccc(F)cc1)Cc1cccs1. The van der Waals surface area contributed by atoms with Crippen LogP contribution >= 0.6 is 11.3 Å². The standard InChI is InChI=1S/C28H29F4N3O2S/c29-21-14-12-20(13-15-21)17-34(18-23-9-6-16-38-23)26(36)19-35(22-7-2-1-3-8-22)27(37)33-25-11-5-4-10-24(25)28(30,31)32/h4-6,9-16,22H,1-3,7-8,17-19H2,(H,33,37). The van der Waals surface area contributed by atoms with Gasteiger partial charge in [0.2, 0.25) is 5.91 Å². The van der Waals surface area contributed by atoms with Gasteiger partial charge in [0.05, 0.1) is 17.8 Å². The molecule has 10 heteroatoms. The van der Waals surface area contributed by atoms with E-state index in [1.807, 2.05) is 17.5 Å². The van der Waals surface area contributed by atoms with Crippen molar-refractivity contribution in [1.29, 1.82) is 0 Å². The normalized spacial score (nSPS) is 14.2. The Bertz CT molecular complexity index is 1210. The molecule has 0 bridgehead atoms. The topological polar surface area (TPSA) is 52.7 Å². The summed E-state index contributed by atoms with van der Waals surface area (Å²) in [5.41, 5.74) is -0.567. The second kappa shape index (κ2) is 12.4. The second-order valence-electron chi connectivity index (χ2n) is 9.35. The van der Waals surface area contributed by atoms with Crippen molar-refractivity contribution in [3.8, 4) is 0 Å². The van der Waals surface area contributed by atoms with E-state index in [1.54, 1.807) is 17.0 Å². The van der Waals surface area contributed by atoms with Gasteiger partial charge in [0.25, 0.3) is 0 Å². The van der Waals surface area contributed by atoms with Crippen molar-refractivity contribution >= 4 is 29.0 Å². The van der Waals surface area contributed by atoms with E-state index in [2.05, 4.69) is 5.32 Å². The minimum Gasteiger partial charge on any atom is -0.332 e. The summed E-state index contributed by atoms with van der Waals surface area (Å²) in [7, 11) is 0. The number of para-hydroxylation sites is 1. The van der Waals surface area contributed by atoms with E-state index in [1.165, 1.54) is 46.6 Å². The van der Waals surface area contributed by atoms with Gasteiger partial charge in [0, 0.05) is 17.5 Å². The van der Waals surface area contributed by atoms with Crippen molar-refractivity contribution in [1.82, 2.24) is 9.80 Å². The van der Waals surface area contributed by atoms with Crippen LogP contribution in [0, 0.1) is 5.82 Å². The van der Waals surface area contributed by atoms with E-state index in [0.717, 1.165) is 35.8 Å². The van der Waals surface area contributed by atoms with Crippen molar-refractivity contribution in [2.45, 2.75) is 57.4 Å². The van der Waals surface area contributed by atoms with E-state index in [4.69, 9.17) is 0 Å². The fourth-order valence-electron chi connectivity index (χ4n) is 4.66. The summed E-state index contributed by atoms with van der Waals surface area (Å²) in [5, 5.41) is 4.32. The Balaban J connectivity index is 1.57. The van der Waals surface area contributed by atoms with Crippen molar-refractivity contribution < 1.29 is 27.2 Å². The van der Waals surface area contributed by atoms with Crippen molar-refractivity contribution in [2.75, 3.05) is 11.9 Å². The second-order valence-corrected chi connectivity index (χ2v) is 10.4. The molecule has 1 heterocycles. The zero-order valence-corrected chi connectivity index (χ0v) is 21.5. The van der Waals surface area contributed by atoms with Crippen molar-refractivity contribution in [3.63, 3.8) is 0 Å². The minimum absolute atomic E-state index is 0.202. The summed E-state index contributed by atoms with van der Waals surface area (Å²) in [5.74, 6) is -0.725. The molecule has 5 nitrogen and oxygen atoms in total. The van der Waals surface area contributed by atoms with E-state index < -0.39 is 17.8 Å². The van der Waals surface area contributed by atoms with Gasteiger partial charge in [-0.15, -0.1) is 11.3 Å². The van der Waals surface area contributed by atoms with E-state index >= 15 is 0 Å². The van der Waals surface area contributed by atoms with E-state index in [-0.39, 0.29) is 36.5 Å². The summed E-state index contributed by atoms with van der Waals surface area (Å²) in [6.45, 7) is 0.218. The third-order valence-corrected chi connectivity index (χ3v) is 7.48. The van der Waals surface area contributed by atoms with Crippen LogP contribution in [0.25, 0.3) is 0 Å². The fourth-order valence-corrected chi connectivity index (χ4v) is 5.38. The van der Waals surface area contributed by atoms with Crippen LogP contribution in [-0.4, -0.2) is 34.3 Å². The average molecular weight is 548 g/mol. The maximum atomic E-state index is 13.6. The van der Waals surface area contributed by atoms with Gasteiger partial charge in [-0.25, -0.2) is 9.18 Å². The van der Waals surface area contributed by atoms with E-state index in [9.17, 15) is 27.2 Å². The van der Waals surface area contributed by atoms with Gasteiger partial charge >= 0.3 is 12.2 Å².